The summed E-state index contributed by atoms with van der Waals surface area (Å²) in [5, 5.41) is 3.12. The standard InChI is InChI=1S/C31H36BrN3O5S/c1-23(31(37)33-26-9-5-3-6-10-26)34(21-24-13-15-25(32)16-14-24)30(36)22-35(27-11-7-4-8-12-27)41(38,39)29-19-17-28(40-2)18-20-29/h4,7-8,11-20,23,26H,3,5-6,9-10,21-22H2,1-2H3,(H,33,37)/t23-/m0/s1. The minimum absolute atomic E-state index is 0.0255. The van der Waals surface area contributed by atoms with E-state index in [2.05, 4.69) is 21.2 Å². The lowest BCUT2D eigenvalue weighted by atomic mass is 9.95. The molecule has 0 heterocycles. The van der Waals surface area contributed by atoms with E-state index in [1.807, 2.05) is 24.3 Å². The number of carbonyl (C=O) groups is 2. The number of hydrogen-bond acceptors (Lipinski definition) is 5. The van der Waals surface area contributed by atoms with Crippen molar-refractivity contribution in [3.63, 3.8) is 0 Å². The Hall–Kier alpha value is -3.37. The number of para-hydroxylation sites is 1. The SMILES string of the molecule is COc1ccc(S(=O)(=O)N(CC(=O)N(Cc2ccc(Br)cc2)[C@@H](C)C(=O)NC2CCCCC2)c2ccccc2)cc1. The molecular weight excluding hydrogens is 606 g/mol. The minimum atomic E-state index is -4.13. The van der Waals surface area contributed by atoms with E-state index >= 15 is 0 Å². The molecule has 1 aliphatic carbocycles. The summed E-state index contributed by atoms with van der Waals surface area (Å²) in [5.41, 5.74) is 1.17. The molecule has 2 amide bonds. The molecule has 1 saturated carbocycles. The number of halogens is 1. The number of amides is 2. The molecule has 3 aromatic rings. The number of carbonyl (C=O) groups excluding carboxylic acids is 2. The van der Waals surface area contributed by atoms with Crippen molar-refractivity contribution in [2.24, 2.45) is 0 Å². The number of methoxy groups -OCH3 is 1. The van der Waals surface area contributed by atoms with Crippen LogP contribution < -0.4 is 14.4 Å². The number of benzene rings is 3. The first-order valence-corrected chi connectivity index (χ1v) is 16.0. The van der Waals surface area contributed by atoms with E-state index in [0.29, 0.717) is 11.4 Å². The highest BCUT2D eigenvalue weighted by Crippen LogP contribution is 2.26. The predicted octanol–water partition coefficient (Wildman–Crippen LogP) is 5.52. The molecule has 10 heteroatoms. The zero-order chi connectivity index (χ0) is 29.4. The van der Waals surface area contributed by atoms with Crippen molar-refractivity contribution < 1.29 is 22.7 Å². The quantitative estimate of drug-likeness (QED) is 0.297. The van der Waals surface area contributed by atoms with Crippen molar-refractivity contribution in [2.75, 3.05) is 18.0 Å². The summed E-state index contributed by atoms with van der Waals surface area (Å²) in [7, 11) is -2.63. The van der Waals surface area contributed by atoms with Crippen LogP contribution in [-0.4, -0.2) is 50.9 Å². The Morgan fingerprint density at radius 2 is 1.59 bits per heavy atom. The highest BCUT2D eigenvalue weighted by Gasteiger charge is 2.33. The molecule has 0 bridgehead atoms. The lowest BCUT2D eigenvalue weighted by Crippen LogP contribution is -2.53. The van der Waals surface area contributed by atoms with Gasteiger partial charge in [-0.3, -0.25) is 13.9 Å². The number of nitrogens with zero attached hydrogens (tertiary/aromatic N) is 2. The first-order valence-electron chi connectivity index (χ1n) is 13.7. The topological polar surface area (TPSA) is 96.0 Å². The molecule has 4 rings (SSSR count). The van der Waals surface area contributed by atoms with E-state index < -0.39 is 28.5 Å². The second kappa shape index (κ2) is 14.0. The Morgan fingerprint density at radius 1 is 0.951 bits per heavy atom. The Labute approximate surface area is 250 Å². The van der Waals surface area contributed by atoms with Crippen LogP contribution in [0.2, 0.25) is 0 Å². The molecule has 3 aromatic carbocycles. The fourth-order valence-electron chi connectivity index (χ4n) is 4.94. The van der Waals surface area contributed by atoms with Crippen molar-refractivity contribution in [1.82, 2.24) is 10.2 Å². The molecule has 1 aliphatic rings. The van der Waals surface area contributed by atoms with Crippen molar-refractivity contribution >= 4 is 43.5 Å². The van der Waals surface area contributed by atoms with Crippen LogP contribution in [0, 0.1) is 0 Å². The second-order valence-electron chi connectivity index (χ2n) is 10.2. The average molecular weight is 643 g/mol. The smallest absolute Gasteiger partial charge is 0.264 e. The summed E-state index contributed by atoms with van der Waals surface area (Å²) in [6.45, 7) is 1.37. The van der Waals surface area contributed by atoms with Crippen molar-refractivity contribution in [1.29, 1.82) is 0 Å². The van der Waals surface area contributed by atoms with E-state index in [1.165, 1.54) is 24.1 Å². The van der Waals surface area contributed by atoms with Gasteiger partial charge < -0.3 is 15.0 Å². The molecule has 1 fully saturated rings. The Morgan fingerprint density at radius 3 is 2.20 bits per heavy atom. The molecule has 41 heavy (non-hydrogen) atoms. The van der Waals surface area contributed by atoms with E-state index in [0.717, 1.165) is 46.4 Å². The lowest BCUT2D eigenvalue weighted by molar-refractivity contribution is -0.139. The number of nitrogens with one attached hydrogen (secondary N) is 1. The van der Waals surface area contributed by atoms with Crippen LogP contribution in [0.4, 0.5) is 5.69 Å². The summed E-state index contributed by atoms with van der Waals surface area (Å²) < 4.78 is 34.9. The van der Waals surface area contributed by atoms with Crippen LogP contribution in [0.25, 0.3) is 0 Å². The number of sulfonamides is 1. The average Bonchev–Trinajstić information content (AvgIpc) is 3.00. The number of anilines is 1. The van der Waals surface area contributed by atoms with Gasteiger partial charge >= 0.3 is 0 Å². The normalized spacial score (nSPS) is 14.6. The molecule has 0 radical (unpaired) electrons. The van der Waals surface area contributed by atoms with Gasteiger partial charge in [-0.15, -0.1) is 0 Å². The van der Waals surface area contributed by atoms with Crippen molar-refractivity contribution in [3.8, 4) is 5.75 Å². The molecule has 0 aliphatic heterocycles. The number of ether oxygens (including phenoxy) is 1. The van der Waals surface area contributed by atoms with Crippen LogP contribution in [0.3, 0.4) is 0 Å². The van der Waals surface area contributed by atoms with Crippen molar-refractivity contribution in [3.05, 3.63) is 88.9 Å². The van der Waals surface area contributed by atoms with Crippen LogP contribution in [-0.2, 0) is 26.2 Å². The maximum Gasteiger partial charge on any atom is 0.264 e. The predicted molar refractivity (Wildman–Crippen MR) is 163 cm³/mol. The van der Waals surface area contributed by atoms with Gasteiger partial charge in [0, 0.05) is 17.1 Å². The van der Waals surface area contributed by atoms with E-state index in [1.54, 1.807) is 49.4 Å². The molecule has 0 unspecified atom stereocenters. The monoisotopic (exact) mass is 641 g/mol. The maximum absolute atomic E-state index is 14.0. The first kappa shape index (κ1) is 30.6. The van der Waals surface area contributed by atoms with Gasteiger partial charge in [0.1, 0.15) is 18.3 Å². The fourth-order valence-corrected chi connectivity index (χ4v) is 6.61. The highest BCUT2D eigenvalue weighted by atomic mass is 79.9. The summed E-state index contributed by atoms with van der Waals surface area (Å²) in [6.07, 6.45) is 5.13. The van der Waals surface area contributed by atoms with Gasteiger partial charge in [0.05, 0.1) is 17.7 Å². The molecule has 0 aromatic heterocycles. The van der Waals surface area contributed by atoms with Gasteiger partial charge in [-0.05, 0) is 73.9 Å². The largest absolute Gasteiger partial charge is 0.497 e. The second-order valence-corrected chi connectivity index (χ2v) is 13.0. The van der Waals surface area contributed by atoms with E-state index in [-0.39, 0.29) is 23.4 Å². The third-order valence-electron chi connectivity index (χ3n) is 7.36. The van der Waals surface area contributed by atoms with Gasteiger partial charge in [0.25, 0.3) is 10.0 Å². The highest BCUT2D eigenvalue weighted by molar-refractivity contribution is 9.10. The molecule has 1 N–H and O–H groups in total. The molecule has 218 valence electrons. The summed E-state index contributed by atoms with van der Waals surface area (Å²) >= 11 is 3.43. The zero-order valence-electron chi connectivity index (χ0n) is 23.3. The first-order chi connectivity index (χ1) is 19.7. The van der Waals surface area contributed by atoms with Gasteiger partial charge in [-0.2, -0.15) is 0 Å². The molecule has 8 nitrogen and oxygen atoms in total. The number of hydrogen-bond donors (Lipinski definition) is 1. The third kappa shape index (κ3) is 7.89. The molecule has 1 atom stereocenters. The van der Waals surface area contributed by atoms with Gasteiger partial charge in [0.2, 0.25) is 11.8 Å². The van der Waals surface area contributed by atoms with Crippen LogP contribution in [0.5, 0.6) is 5.75 Å². The van der Waals surface area contributed by atoms with Gasteiger partial charge in [-0.1, -0.05) is 65.5 Å². The lowest BCUT2D eigenvalue weighted by Gasteiger charge is -2.33. The Balaban J connectivity index is 1.65. The maximum atomic E-state index is 14.0. The molecular formula is C31H36BrN3O5S. The van der Waals surface area contributed by atoms with Crippen LogP contribution in [0.1, 0.15) is 44.6 Å². The van der Waals surface area contributed by atoms with Gasteiger partial charge in [0.15, 0.2) is 0 Å². The molecule has 0 saturated heterocycles. The van der Waals surface area contributed by atoms with E-state index in [4.69, 9.17) is 4.74 Å². The van der Waals surface area contributed by atoms with E-state index in [9.17, 15) is 18.0 Å². The summed E-state index contributed by atoms with van der Waals surface area (Å²) in [4.78, 5) is 28.9. The zero-order valence-corrected chi connectivity index (χ0v) is 25.7. The summed E-state index contributed by atoms with van der Waals surface area (Å²) in [5.74, 6) is -0.212. The van der Waals surface area contributed by atoms with Crippen molar-refractivity contribution in [2.45, 2.75) is 62.6 Å². The minimum Gasteiger partial charge on any atom is -0.497 e. The van der Waals surface area contributed by atoms with Crippen LogP contribution >= 0.6 is 15.9 Å². The summed E-state index contributed by atoms with van der Waals surface area (Å²) in [6, 6.07) is 21.3. The van der Waals surface area contributed by atoms with Crippen LogP contribution in [0.15, 0.2) is 88.2 Å². The molecule has 0 spiro atoms. The fraction of sp³-hybridized carbons (Fsp3) is 0.355. The Kier molecular flexibility index (Phi) is 10.4. The third-order valence-corrected chi connectivity index (χ3v) is 9.67. The number of rotatable bonds is 11. The Bertz CT molecular complexity index is 1410. The van der Waals surface area contributed by atoms with Gasteiger partial charge in [-0.25, -0.2) is 8.42 Å².